The van der Waals surface area contributed by atoms with Gasteiger partial charge in [-0.05, 0) is 37.0 Å². The first-order valence-corrected chi connectivity index (χ1v) is 11.6. The molecule has 5 nitrogen and oxygen atoms in total. The van der Waals surface area contributed by atoms with Crippen molar-refractivity contribution in [1.29, 1.82) is 0 Å². The molecule has 1 unspecified atom stereocenters. The second-order valence-electron chi connectivity index (χ2n) is 7.05. The number of aromatic nitrogens is 1. The van der Waals surface area contributed by atoms with Crippen molar-refractivity contribution in [3.63, 3.8) is 0 Å². The van der Waals surface area contributed by atoms with Crippen molar-refractivity contribution >= 4 is 32.2 Å². The molecule has 3 rings (SSSR count). The Balaban J connectivity index is 1.83. The first kappa shape index (κ1) is 19.0. The summed E-state index contributed by atoms with van der Waals surface area (Å²) < 4.78 is 23.4. The van der Waals surface area contributed by atoms with Crippen molar-refractivity contribution in [2.24, 2.45) is 5.92 Å². The second-order valence-corrected chi connectivity index (χ2v) is 10.3. The highest BCUT2D eigenvalue weighted by atomic mass is 32.2. The summed E-state index contributed by atoms with van der Waals surface area (Å²) >= 11 is 1.45. The van der Waals surface area contributed by atoms with E-state index in [2.05, 4.69) is 10.3 Å². The number of amides is 1. The van der Waals surface area contributed by atoms with Crippen LogP contribution in [0.5, 0.6) is 0 Å². The van der Waals surface area contributed by atoms with Gasteiger partial charge in [0, 0.05) is 17.3 Å². The van der Waals surface area contributed by atoms with E-state index in [1.807, 2.05) is 6.92 Å². The van der Waals surface area contributed by atoms with Gasteiger partial charge in [0.2, 0.25) is 5.91 Å². The predicted octanol–water partition coefficient (Wildman–Crippen LogP) is 4.16. The summed E-state index contributed by atoms with van der Waals surface area (Å²) in [6, 6.07) is 6.71. The molecule has 1 fully saturated rings. The van der Waals surface area contributed by atoms with Crippen LogP contribution in [0.1, 0.15) is 48.5 Å². The third-order valence-electron chi connectivity index (χ3n) is 4.92. The predicted molar refractivity (Wildman–Crippen MR) is 104 cm³/mol. The smallest absolute Gasteiger partial charge is 0.233 e. The maximum Gasteiger partial charge on any atom is 0.233 e. The fourth-order valence-corrected chi connectivity index (χ4v) is 4.82. The summed E-state index contributed by atoms with van der Waals surface area (Å²) in [4.78, 5) is 18.5. The maximum atomic E-state index is 12.9. The van der Waals surface area contributed by atoms with E-state index >= 15 is 0 Å². The number of carbonyl (C=O) groups is 1. The highest BCUT2D eigenvalue weighted by molar-refractivity contribution is 7.90. The molecule has 0 saturated heterocycles. The summed E-state index contributed by atoms with van der Waals surface area (Å²) in [5.41, 5.74) is 0.857. The van der Waals surface area contributed by atoms with Crippen LogP contribution in [0.2, 0.25) is 0 Å². The average Bonchev–Trinajstić information content (AvgIpc) is 3.23. The standard InChI is InChI=1S/C19H24N2O3S2/c1-13-12-20-19(25-13)21-18(22)17(11-14-5-3-4-6-14)15-7-9-16(10-8-15)26(2,23)24/h7-10,12,14,17H,3-6,11H2,1-2H3,(H,20,21,22). The van der Waals surface area contributed by atoms with Gasteiger partial charge >= 0.3 is 0 Å². The van der Waals surface area contributed by atoms with Gasteiger partial charge in [-0.15, -0.1) is 11.3 Å². The van der Waals surface area contributed by atoms with Crippen LogP contribution in [0.25, 0.3) is 0 Å². The zero-order valence-electron chi connectivity index (χ0n) is 15.1. The molecule has 1 N–H and O–H groups in total. The van der Waals surface area contributed by atoms with Gasteiger partial charge in [-0.3, -0.25) is 4.79 Å². The molecule has 7 heteroatoms. The van der Waals surface area contributed by atoms with E-state index < -0.39 is 9.84 Å². The number of aryl methyl sites for hydroxylation is 1. The van der Waals surface area contributed by atoms with Crippen molar-refractivity contribution in [2.75, 3.05) is 11.6 Å². The van der Waals surface area contributed by atoms with Crippen LogP contribution < -0.4 is 5.32 Å². The van der Waals surface area contributed by atoms with E-state index in [9.17, 15) is 13.2 Å². The Bertz CT molecular complexity index is 866. The van der Waals surface area contributed by atoms with Gasteiger partial charge in [0.25, 0.3) is 0 Å². The van der Waals surface area contributed by atoms with Crippen molar-refractivity contribution in [2.45, 2.75) is 49.8 Å². The Morgan fingerprint density at radius 3 is 2.46 bits per heavy atom. The molecule has 0 radical (unpaired) electrons. The van der Waals surface area contributed by atoms with Crippen LogP contribution >= 0.6 is 11.3 Å². The third kappa shape index (κ3) is 4.71. The van der Waals surface area contributed by atoms with Crippen LogP contribution in [0.3, 0.4) is 0 Å². The molecule has 1 aromatic carbocycles. The molecule has 2 aromatic rings. The lowest BCUT2D eigenvalue weighted by atomic mass is 9.87. The summed E-state index contributed by atoms with van der Waals surface area (Å²) in [5.74, 6) is 0.174. The van der Waals surface area contributed by atoms with Gasteiger partial charge in [0.15, 0.2) is 15.0 Å². The Kier molecular flexibility index (Phi) is 5.77. The largest absolute Gasteiger partial charge is 0.301 e. The quantitative estimate of drug-likeness (QED) is 0.801. The molecule has 1 aliphatic rings. The topological polar surface area (TPSA) is 76.1 Å². The Hall–Kier alpha value is -1.73. The van der Waals surface area contributed by atoms with Gasteiger partial charge in [-0.2, -0.15) is 0 Å². The van der Waals surface area contributed by atoms with Gasteiger partial charge < -0.3 is 5.32 Å². The molecule has 1 atom stereocenters. The first-order chi connectivity index (χ1) is 12.3. The molecule has 1 aromatic heterocycles. The maximum absolute atomic E-state index is 12.9. The monoisotopic (exact) mass is 392 g/mol. The molecular formula is C19H24N2O3S2. The van der Waals surface area contributed by atoms with Gasteiger partial charge in [0.05, 0.1) is 10.8 Å². The molecule has 0 bridgehead atoms. The van der Waals surface area contributed by atoms with Gasteiger partial charge in [-0.1, -0.05) is 37.8 Å². The minimum Gasteiger partial charge on any atom is -0.301 e. The van der Waals surface area contributed by atoms with Crippen LogP contribution in [-0.4, -0.2) is 25.6 Å². The fourth-order valence-electron chi connectivity index (χ4n) is 3.53. The van der Waals surface area contributed by atoms with Crippen molar-refractivity contribution in [3.8, 4) is 0 Å². The molecule has 1 amide bonds. The highest BCUT2D eigenvalue weighted by Crippen LogP contribution is 2.35. The number of rotatable bonds is 6. The molecule has 26 heavy (non-hydrogen) atoms. The third-order valence-corrected chi connectivity index (χ3v) is 6.88. The molecule has 0 aliphatic heterocycles. The molecular weight excluding hydrogens is 368 g/mol. The number of thiazole rings is 1. The van der Waals surface area contributed by atoms with E-state index in [0.29, 0.717) is 11.0 Å². The number of nitrogens with zero attached hydrogens (tertiary/aromatic N) is 1. The van der Waals surface area contributed by atoms with Crippen molar-refractivity contribution < 1.29 is 13.2 Å². The van der Waals surface area contributed by atoms with E-state index in [0.717, 1.165) is 29.7 Å². The van der Waals surface area contributed by atoms with Gasteiger partial charge in [0.1, 0.15) is 0 Å². The minimum absolute atomic E-state index is 0.0710. The lowest BCUT2D eigenvalue weighted by molar-refractivity contribution is -0.118. The number of carbonyl (C=O) groups excluding carboxylic acids is 1. The SMILES string of the molecule is Cc1cnc(NC(=O)C(CC2CCCC2)c2ccc(S(C)(=O)=O)cc2)s1. The van der Waals surface area contributed by atoms with E-state index in [1.165, 1.54) is 30.4 Å². The normalized spacial score (nSPS) is 16.5. The highest BCUT2D eigenvalue weighted by Gasteiger charge is 2.27. The summed E-state index contributed by atoms with van der Waals surface area (Å²) in [6.07, 6.45) is 8.47. The second kappa shape index (κ2) is 7.88. The van der Waals surface area contributed by atoms with E-state index in [1.54, 1.807) is 30.5 Å². The Morgan fingerprint density at radius 1 is 1.27 bits per heavy atom. The summed E-state index contributed by atoms with van der Waals surface area (Å²) in [5, 5.41) is 3.54. The molecule has 1 heterocycles. The molecule has 0 spiro atoms. The van der Waals surface area contributed by atoms with Crippen LogP contribution in [0, 0.1) is 12.8 Å². The fraction of sp³-hybridized carbons (Fsp3) is 0.474. The zero-order chi connectivity index (χ0) is 18.7. The van der Waals surface area contributed by atoms with Gasteiger partial charge in [-0.25, -0.2) is 13.4 Å². The molecule has 1 saturated carbocycles. The van der Waals surface area contributed by atoms with E-state index in [4.69, 9.17) is 0 Å². The first-order valence-electron chi connectivity index (χ1n) is 8.86. The number of nitrogens with one attached hydrogen (secondary N) is 1. The minimum atomic E-state index is -3.24. The Morgan fingerprint density at radius 2 is 1.92 bits per heavy atom. The lowest BCUT2D eigenvalue weighted by Gasteiger charge is -2.20. The summed E-state index contributed by atoms with van der Waals surface area (Å²) in [6.45, 7) is 1.95. The van der Waals surface area contributed by atoms with Crippen LogP contribution in [-0.2, 0) is 14.6 Å². The Labute approximate surface area is 158 Å². The number of hydrogen-bond acceptors (Lipinski definition) is 5. The molecule has 1 aliphatic carbocycles. The number of hydrogen-bond donors (Lipinski definition) is 1. The zero-order valence-corrected chi connectivity index (χ0v) is 16.7. The number of sulfone groups is 1. The average molecular weight is 393 g/mol. The lowest BCUT2D eigenvalue weighted by Crippen LogP contribution is -2.23. The molecule has 140 valence electrons. The van der Waals surface area contributed by atoms with Crippen LogP contribution in [0.15, 0.2) is 35.4 Å². The number of anilines is 1. The number of benzene rings is 1. The van der Waals surface area contributed by atoms with Crippen molar-refractivity contribution in [1.82, 2.24) is 4.98 Å². The van der Waals surface area contributed by atoms with E-state index in [-0.39, 0.29) is 16.7 Å². The van der Waals surface area contributed by atoms with Crippen LogP contribution in [0.4, 0.5) is 5.13 Å². The van der Waals surface area contributed by atoms with Crippen molar-refractivity contribution in [3.05, 3.63) is 40.9 Å². The summed E-state index contributed by atoms with van der Waals surface area (Å²) in [7, 11) is -3.24.